The van der Waals surface area contributed by atoms with E-state index in [0.29, 0.717) is 33.6 Å². The predicted molar refractivity (Wildman–Crippen MR) is 113 cm³/mol. The monoisotopic (exact) mass is 398 g/mol. The van der Waals surface area contributed by atoms with Crippen LogP contribution in [0.5, 0.6) is 11.5 Å². The first-order valence-corrected chi connectivity index (χ1v) is 9.63. The molecule has 5 nitrogen and oxygen atoms in total. The van der Waals surface area contributed by atoms with Gasteiger partial charge >= 0.3 is 5.63 Å². The zero-order valence-corrected chi connectivity index (χ0v) is 16.2. The molecule has 3 aromatic carbocycles. The number of carbonyl (C=O) groups is 1. The van der Waals surface area contributed by atoms with Gasteiger partial charge in [-0.1, -0.05) is 54.6 Å². The third-order valence-electron chi connectivity index (χ3n) is 5.45. The summed E-state index contributed by atoms with van der Waals surface area (Å²) in [5.41, 5.74) is 1.62. The van der Waals surface area contributed by atoms with Crippen LogP contribution in [0.4, 0.5) is 0 Å². The Morgan fingerprint density at radius 3 is 2.33 bits per heavy atom. The number of benzene rings is 3. The van der Waals surface area contributed by atoms with Crippen LogP contribution in [0.2, 0.25) is 0 Å². The van der Waals surface area contributed by atoms with E-state index in [9.17, 15) is 9.59 Å². The second-order valence-corrected chi connectivity index (χ2v) is 7.15. The molecule has 0 aliphatic carbocycles. The molecule has 0 radical (unpaired) electrons. The quantitative estimate of drug-likeness (QED) is 0.372. The number of ketones is 1. The van der Waals surface area contributed by atoms with Crippen LogP contribution in [0, 0.1) is 0 Å². The third kappa shape index (κ3) is 2.87. The lowest BCUT2D eigenvalue weighted by Gasteiger charge is -2.18. The molecule has 5 heteroatoms. The van der Waals surface area contributed by atoms with Crippen LogP contribution in [0.15, 0.2) is 88.1 Å². The van der Waals surface area contributed by atoms with Crippen LogP contribution in [0.3, 0.4) is 0 Å². The van der Waals surface area contributed by atoms with Crippen molar-refractivity contribution >= 4 is 16.8 Å². The molecule has 1 aliphatic rings. The molecule has 0 spiro atoms. The van der Waals surface area contributed by atoms with Crippen molar-refractivity contribution in [3.05, 3.63) is 106 Å². The Hall–Kier alpha value is -3.86. The van der Waals surface area contributed by atoms with Crippen molar-refractivity contribution in [1.82, 2.24) is 0 Å². The van der Waals surface area contributed by atoms with E-state index in [1.165, 1.54) is 0 Å². The van der Waals surface area contributed by atoms with Crippen molar-refractivity contribution in [1.29, 1.82) is 0 Å². The maximum atomic E-state index is 13.4. The molecular weight excluding hydrogens is 380 g/mol. The van der Waals surface area contributed by atoms with Crippen molar-refractivity contribution in [2.75, 3.05) is 7.11 Å². The second kappa shape index (κ2) is 7.19. The fourth-order valence-corrected chi connectivity index (χ4v) is 4.00. The summed E-state index contributed by atoms with van der Waals surface area (Å²) in [4.78, 5) is 26.3. The molecule has 1 aliphatic heterocycles. The molecule has 0 N–H and O–H groups in total. The van der Waals surface area contributed by atoms with E-state index in [1.807, 2.05) is 42.5 Å². The molecule has 4 aromatic rings. The van der Waals surface area contributed by atoms with E-state index < -0.39 is 17.6 Å². The summed E-state index contributed by atoms with van der Waals surface area (Å²) in [6.07, 6.45) is -0.871. The Kier molecular flexibility index (Phi) is 4.36. The minimum absolute atomic E-state index is 0.184. The second-order valence-electron chi connectivity index (χ2n) is 7.15. The van der Waals surface area contributed by atoms with Crippen molar-refractivity contribution in [3.8, 4) is 11.5 Å². The maximum absolute atomic E-state index is 13.4. The van der Waals surface area contributed by atoms with E-state index in [2.05, 4.69) is 0 Å². The van der Waals surface area contributed by atoms with Gasteiger partial charge < -0.3 is 13.9 Å². The van der Waals surface area contributed by atoms with E-state index in [1.54, 1.807) is 43.5 Å². The maximum Gasteiger partial charge on any atom is 0.344 e. The van der Waals surface area contributed by atoms with E-state index in [0.717, 1.165) is 5.56 Å². The Morgan fingerprint density at radius 2 is 1.60 bits per heavy atom. The molecular formula is C25H18O5. The summed E-state index contributed by atoms with van der Waals surface area (Å²) in [6.45, 7) is 0. The minimum Gasteiger partial charge on any atom is -0.497 e. The van der Waals surface area contributed by atoms with Gasteiger partial charge in [0.2, 0.25) is 5.78 Å². The summed E-state index contributed by atoms with van der Waals surface area (Å²) in [7, 11) is 1.59. The van der Waals surface area contributed by atoms with Crippen LogP contribution in [0.1, 0.15) is 27.4 Å². The summed E-state index contributed by atoms with van der Waals surface area (Å²) >= 11 is 0. The van der Waals surface area contributed by atoms with Crippen LogP contribution in [-0.2, 0) is 0 Å². The summed E-state index contributed by atoms with van der Waals surface area (Å²) in [6, 6.07) is 23.5. The van der Waals surface area contributed by atoms with Gasteiger partial charge in [-0.3, -0.25) is 4.79 Å². The SMILES string of the molecule is COc1ccc([C@H]2c3c(c4ccccc4oc3=O)O[C@@H]2C(=O)c2ccccc2)cc1. The molecule has 5 rings (SSSR count). The fraction of sp³-hybridized carbons (Fsp3) is 0.120. The number of para-hydroxylation sites is 1. The zero-order valence-electron chi connectivity index (χ0n) is 16.2. The minimum atomic E-state index is -0.871. The van der Waals surface area contributed by atoms with Crippen LogP contribution in [-0.4, -0.2) is 19.0 Å². The van der Waals surface area contributed by atoms with Gasteiger partial charge in [0, 0.05) is 5.56 Å². The topological polar surface area (TPSA) is 65.7 Å². The molecule has 2 heterocycles. The standard InChI is InChI=1S/C25H18O5/c1-28-17-13-11-15(12-14-17)20-21-23(18-9-5-6-10-19(18)29-25(21)27)30-24(20)22(26)16-7-3-2-4-8-16/h2-14,20,24H,1H3/t20-,24-/m0/s1. The average Bonchev–Trinajstić information content (AvgIpc) is 3.21. The number of hydrogen-bond donors (Lipinski definition) is 0. The van der Waals surface area contributed by atoms with Crippen LogP contribution >= 0.6 is 0 Å². The lowest BCUT2D eigenvalue weighted by Crippen LogP contribution is -2.31. The van der Waals surface area contributed by atoms with Gasteiger partial charge in [0.1, 0.15) is 17.1 Å². The van der Waals surface area contributed by atoms with Gasteiger partial charge in [-0.2, -0.15) is 0 Å². The van der Waals surface area contributed by atoms with Gasteiger partial charge in [0.25, 0.3) is 0 Å². The third-order valence-corrected chi connectivity index (χ3v) is 5.45. The largest absolute Gasteiger partial charge is 0.497 e. The molecule has 0 saturated carbocycles. The number of methoxy groups -OCH3 is 1. The van der Waals surface area contributed by atoms with E-state index in [4.69, 9.17) is 13.9 Å². The highest BCUT2D eigenvalue weighted by molar-refractivity contribution is 6.02. The molecule has 148 valence electrons. The predicted octanol–water partition coefficient (Wildman–Crippen LogP) is 4.58. The molecule has 0 unspecified atom stereocenters. The van der Waals surface area contributed by atoms with Crippen molar-refractivity contribution < 1.29 is 18.7 Å². The van der Waals surface area contributed by atoms with Gasteiger partial charge in [-0.05, 0) is 29.8 Å². The summed E-state index contributed by atoms with van der Waals surface area (Å²) in [5.74, 6) is 0.335. The fourth-order valence-electron chi connectivity index (χ4n) is 4.00. The highest BCUT2D eigenvalue weighted by atomic mass is 16.5. The van der Waals surface area contributed by atoms with Crippen LogP contribution < -0.4 is 15.1 Å². The first kappa shape index (κ1) is 18.2. The number of hydrogen-bond acceptors (Lipinski definition) is 5. The first-order chi connectivity index (χ1) is 14.7. The van der Waals surface area contributed by atoms with Gasteiger partial charge in [0.15, 0.2) is 6.10 Å². The number of fused-ring (bicyclic) bond motifs is 3. The number of carbonyl (C=O) groups excluding carboxylic acids is 1. The Morgan fingerprint density at radius 1 is 0.900 bits per heavy atom. The van der Waals surface area contributed by atoms with Crippen molar-refractivity contribution in [3.63, 3.8) is 0 Å². The Balaban J connectivity index is 1.71. The van der Waals surface area contributed by atoms with Crippen molar-refractivity contribution in [2.24, 2.45) is 0 Å². The average molecular weight is 398 g/mol. The normalized spacial score (nSPS) is 17.4. The smallest absolute Gasteiger partial charge is 0.344 e. The van der Waals surface area contributed by atoms with Gasteiger partial charge in [0.05, 0.1) is 24.0 Å². The highest BCUT2D eigenvalue weighted by Gasteiger charge is 2.44. The molecule has 1 aromatic heterocycles. The molecule has 0 amide bonds. The molecule has 30 heavy (non-hydrogen) atoms. The van der Waals surface area contributed by atoms with E-state index in [-0.39, 0.29) is 5.78 Å². The van der Waals surface area contributed by atoms with Gasteiger partial charge in [-0.15, -0.1) is 0 Å². The lowest BCUT2D eigenvalue weighted by molar-refractivity contribution is 0.0808. The number of Topliss-reactive ketones (excluding diaryl/α,β-unsaturated/α-hetero) is 1. The molecule has 0 bridgehead atoms. The highest BCUT2D eigenvalue weighted by Crippen LogP contribution is 2.45. The summed E-state index contributed by atoms with van der Waals surface area (Å²) < 4.78 is 17.0. The zero-order chi connectivity index (χ0) is 20.7. The Bertz CT molecular complexity index is 1290. The molecule has 0 fully saturated rings. The van der Waals surface area contributed by atoms with Crippen LogP contribution in [0.25, 0.3) is 11.0 Å². The first-order valence-electron chi connectivity index (χ1n) is 9.63. The van der Waals surface area contributed by atoms with E-state index >= 15 is 0 Å². The lowest BCUT2D eigenvalue weighted by atomic mass is 9.85. The number of ether oxygens (including phenoxy) is 2. The van der Waals surface area contributed by atoms with Crippen molar-refractivity contribution in [2.45, 2.75) is 12.0 Å². The molecule has 0 saturated heterocycles. The molecule has 2 atom stereocenters. The van der Waals surface area contributed by atoms with Gasteiger partial charge in [-0.25, -0.2) is 4.79 Å². The number of rotatable bonds is 4. The Labute approximate surface area is 172 Å². The summed E-state index contributed by atoms with van der Waals surface area (Å²) in [5, 5.41) is 0.675.